The maximum atomic E-state index is 12.1. The molecule has 0 spiro atoms. The summed E-state index contributed by atoms with van der Waals surface area (Å²) in [5, 5.41) is 3.02. The number of aryl methyl sites for hydroxylation is 1. The third-order valence-electron chi connectivity index (χ3n) is 3.89. The molecule has 0 aromatic carbocycles. The predicted octanol–water partition coefficient (Wildman–Crippen LogP) is 0.633. The van der Waals surface area contributed by atoms with E-state index in [0.29, 0.717) is 18.0 Å². The highest BCUT2D eigenvalue weighted by atomic mass is 16.2. The summed E-state index contributed by atoms with van der Waals surface area (Å²) in [4.78, 5) is 23.7. The molecule has 0 bridgehead atoms. The van der Waals surface area contributed by atoms with Crippen molar-refractivity contribution in [3.63, 3.8) is 0 Å². The van der Waals surface area contributed by atoms with E-state index in [0.717, 1.165) is 19.3 Å². The van der Waals surface area contributed by atoms with Crippen molar-refractivity contribution in [2.24, 2.45) is 18.7 Å². The third kappa shape index (κ3) is 3.23. The van der Waals surface area contributed by atoms with Crippen molar-refractivity contribution < 1.29 is 4.79 Å². The number of pyridine rings is 1. The van der Waals surface area contributed by atoms with Gasteiger partial charge in [0.25, 0.3) is 11.5 Å². The molecular formula is C14H21N3O2. The van der Waals surface area contributed by atoms with Crippen LogP contribution in [0.1, 0.15) is 36.0 Å². The number of rotatable bonds is 3. The molecule has 1 aliphatic carbocycles. The molecule has 0 aliphatic heterocycles. The van der Waals surface area contributed by atoms with Gasteiger partial charge in [0.15, 0.2) is 0 Å². The van der Waals surface area contributed by atoms with Gasteiger partial charge in [-0.05, 0) is 31.4 Å². The van der Waals surface area contributed by atoms with Crippen LogP contribution >= 0.6 is 0 Å². The van der Waals surface area contributed by atoms with Gasteiger partial charge < -0.3 is 15.6 Å². The van der Waals surface area contributed by atoms with Gasteiger partial charge in [-0.25, -0.2) is 0 Å². The van der Waals surface area contributed by atoms with Crippen LogP contribution in [0.2, 0.25) is 0 Å². The van der Waals surface area contributed by atoms with Gasteiger partial charge in [0.05, 0.1) is 0 Å². The minimum atomic E-state index is -0.178. The van der Waals surface area contributed by atoms with Crippen LogP contribution < -0.4 is 16.6 Å². The highest BCUT2D eigenvalue weighted by molar-refractivity contribution is 5.94. The van der Waals surface area contributed by atoms with Crippen molar-refractivity contribution in [3.05, 3.63) is 34.2 Å². The van der Waals surface area contributed by atoms with E-state index in [1.165, 1.54) is 17.1 Å². The third-order valence-corrected chi connectivity index (χ3v) is 3.89. The molecule has 1 fully saturated rings. The molecule has 1 aromatic heterocycles. The van der Waals surface area contributed by atoms with Crippen molar-refractivity contribution in [1.82, 2.24) is 9.88 Å². The van der Waals surface area contributed by atoms with Crippen molar-refractivity contribution in [3.8, 4) is 0 Å². The summed E-state index contributed by atoms with van der Waals surface area (Å²) in [5.74, 6) is 0.173. The van der Waals surface area contributed by atoms with Crippen LogP contribution in [-0.4, -0.2) is 23.1 Å². The van der Waals surface area contributed by atoms with Crippen molar-refractivity contribution in [2.75, 3.05) is 6.54 Å². The van der Waals surface area contributed by atoms with E-state index in [4.69, 9.17) is 5.73 Å². The Labute approximate surface area is 112 Å². The maximum absolute atomic E-state index is 12.1. The molecule has 1 aliphatic rings. The molecule has 1 aromatic rings. The lowest BCUT2D eigenvalue weighted by Gasteiger charge is -2.31. The number of hydrogen-bond acceptors (Lipinski definition) is 3. The summed E-state index contributed by atoms with van der Waals surface area (Å²) in [6.45, 7) is 0.599. The monoisotopic (exact) mass is 263 g/mol. The zero-order valence-corrected chi connectivity index (χ0v) is 11.3. The Hall–Kier alpha value is -1.62. The molecule has 0 saturated heterocycles. The second-order valence-corrected chi connectivity index (χ2v) is 5.22. The molecule has 0 radical (unpaired) electrons. The number of carbonyl (C=O) groups is 1. The van der Waals surface area contributed by atoms with Crippen LogP contribution in [0.4, 0.5) is 0 Å². The lowest BCUT2D eigenvalue weighted by molar-refractivity contribution is 0.0908. The number of carbonyl (C=O) groups excluding carboxylic acids is 1. The average molecular weight is 263 g/mol. The summed E-state index contributed by atoms with van der Waals surface area (Å²) in [5.41, 5.74) is 5.99. The van der Waals surface area contributed by atoms with E-state index in [1.807, 2.05) is 0 Å². The quantitative estimate of drug-likeness (QED) is 0.840. The Balaban J connectivity index is 2.07. The van der Waals surface area contributed by atoms with Gasteiger partial charge in [-0.3, -0.25) is 9.59 Å². The molecular weight excluding hydrogens is 242 g/mol. The number of hydrogen-bond donors (Lipinski definition) is 2. The fourth-order valence-electron chi connectivity index (χ4n) is 2.62. The largest absolute Gasteiger partial charge is 0.349 e. The molecule has 2 atom stereocenters. The summed E-state index contributed by atoms with van der Waals surface area (Å²) in [6.07, 6.45) is 5.95. The normalized spacial score (nSPS) is 23.1. The Kier molecular flexibility index (Phi) is 4.37. The maximum Gasteiger partial charge on any atom is 0.251 e. The molecule has 1 saturated carbocycles. The fraction of sp³-hybridized carbons (Fsp3) is 0.571. The lowest BCUT2D eigenvalue weighted by Crippen LogP contribution is -2.44. The Morgan fingerprint density at radius 1 is 1.47 bits per heavy atom. The standard InChI is InChI=1S/C14H21N3O2/c1-17-7-6-10(8-13(17)18)14(19)16-12-5-3-2-4-11(12)9-15/h6-8,11-12H,2-5,9,15H2,1H3,(H,16,19). The lowest BCUT2D eigenvalue weighted by atomic mass is 9.84. The van der Waals surface area contributed by atoms with Gasteiger partial charge in [-0.2, -0.15) is 0 Å². The Morgan fingerprint density at radius 3 is 2.89 bits per heavy atom. The molecule has 2 rings (SSSR count). The molecule has 5 heteroatoms. The van der Waals surface area contributed by atoms with Crippen molar-refractivity contribution in [1.29, 1.82) is 0 Å². The first kappa shape index (κ1) is 13.8. The van der Waals surface area contributed by atoms with Gasteiger partial charge in [-0.1, -0.05) is 12.8 Å². The fourth-order valence-corrected chi connectivity index (χ4v) is 2.62. The number of aromatic nitrogens is 1. The van der Waals surface area contributed by atoms with Gasteiger partial charge in [0, 0.05) is 30.9 Å². The SMILES string of the molecule is Cn1ccc(C(=O)NC2CCCCC2CN)cc1=O. The van der Waals surface area contributed by atoms with E-state index in [2.05, 4.69) is 5.32 Å². The Bertz CT molecular complexity index is 510. The smallest absolute Gasteiger partial charge is 0.251 e. The van der Waals surface area contributed by atoms with Gasteiger partial charge in [0.1, 0.15) is 0 Å². The zero-order chi connectivity index (χ0) is 13.8. The molecule has 19 heavy (non-hydrogen) atoms. The van der Waals surface area contributed by atoms with E-state index in [9.17, 15) is 9.59 Å². The first-order valence-corrected chi connectivity index (χ1v) is 6.79. The highest BCUT2D eigenvalue weighted by Gasteiger charge is 2.25. The van der Waals surface area contributed by atoms with E-state index in [1.54, 1.807) is 19.3 Å². The van der Waals surface area contributed by atoms with E-state index >= 15 is 0 Å². The van der Waals surface area contributed by atoms with Crippen LogP contribution in [0.5, 0.6) is 0 Å². The molecule has 1 amide bonds. The number of nitrogens with zero attached hydrogens (tertiary/aromatic N) is 1. The molecule has 2 unspecified atom stereocenters. The first-order chi connectivity index (χ1) is 9.11. The van der Waals surface area contributed by atoms with Gasteiger partial charge in [-0.15, -0.1) is 0 Å². The van der Waals surface area contributed by atoms with E-state index in [-0.39, 0.29) is 17.5 Å². The van der Waals surface area contributed by atoms with Crippen molar-refractivity contribution >= 4 is 5.91 Å². The van der Waals surface area contributed by atoms with Crippen LogP contribution in [0.3, 0.4) is 0 Å². The second kappa shape index (κ2) is 6.02. The van der Waals surface area contributed by atoms with Crippen LogP contribution in [0.25, 0.3) is 0 Å². The molecule has 1 heterocycles. The number of amides is 1. The number of nitrogens with two attached hydrogens (primary N) is 1. The van der Waals surface area contributed by atoms with Crippen molar-refractivity contribution in [2.45, 2.75) is 31.7 Å². The molecule has 104 valence electrons. The summed E-state index contributed by atoms with van der Waals surface area (Å²) < 4.78 is 1.44. The predicted molar refractivity (Wildman–Crippen MR) is 73.9 cm³/mol. The second-order valence-electron chi connectivity index (χ2n) is 5.22. The highest BCUT2D eigenvalue weighted by Crippen LogP contribution is 2.23. The van der Waals surface area contributed by atoms with Crippen LogP contribution in [-0.2, 0) is 7.05 Å². The molecule has 3 N–H and O–H groups in total. The van der Waals surface area contributed by atoms with Gasteiger partial charge in [0.2, 0.25) is 0 Å². The average Bonchev–Trinajstić information content (AvgIpc) is 2.42. The van der Waals surface area contributed by atoms with E-state index < -0.39 is 0 Å². The van der Waals surface area contributed by atoms with Gasteiger partial charge >= 0.3 is 0 Å². The zero-order valence-electron chi connectivity index (χ0n) is 11.3. The Morgan fingerprint density at radius 2 is 2.21 bits per heavy atom. The topological polar surface area (TPSA) is 77.1 Å². The number of nitrogens with one attached hydrogen (secondary N) is 1. The van der Waals surface area contributed by atoms with Crippen LogP contribution in [0.15, 0.2) is 23.1 Å². The minimum Gasteiger partial charge on any atom is -0.349 e. The first-order valence-electron chi connectivity index (χ1n) is 6.79. The van der Waals surface area contributed by atoms with Crippen LogP contribution in [0, 0.1) is 5.92 Å². The summed E-state index contributed by atoms with van der Waals surface area (Å²) >= 11 is 0. The summed E-state index contributed by atoms with van der Waals surface area (Å²) in [7, 11) is 1.66. The summed E-state index contributed by atoms with van der Waals surface area (Å²) in [6, 6.07) is 3.17. The molecule has 5 nitrogen and oxygen atoms in total. The minimum absolute atomic E-state index is 0.135.